The topological polar surface area (TPSA) is 75.7 Å². The number of carbonyl (C=O) groups excluding carboxylic acids is 1. The van der Waals surface area contributed by atoms with Crippen LogP contribution in [0, 0.1) is 11.6 Å². The van der Waals surface area contributed by atoms with Crippen molar-refractivity contribution in [1.82, 2.24) is 9.62 Å². The summed E-state index contributed by atoms with van der Waals surface area (Å²) in [6, 6.07) is 3.19. The molecule has 1 heterocycles. The summed E-state index contributed by atoms with van der Waals surface area (Å²) in [7, 11) is -3.41. The lowest BCUT2D eigenvalue weighted by Crippen LogP contribution is -2.58. The molecule has 2 aliphatic rings. The van der Waals surface area contributed by atoms with E-state index in [1.807, 2.05) is 0 Å². The minimum atomic E-state index is -3.41. The highest BCUT2D eigenvalue weighted by atomic mass is 32.2. The van der Waals surface area contributed by atoms with Crippen molar-refractivity contribution in [3.05, 3.63) is 35.4 Å². The lowest BCUT2D eigenvalue weighted by Gasteiger charge is -2.41. The van der Waals surface area contributed by atoms with E-state index in [1.54, 1.807) is 4.90 Å². The Bertz CT molecular complexity index is 836. The number of benzene rings is 1. The molecular formula is C21H30F2N2O4S. The highest BCUT2D eigenvalue weighted by Crippen LogP contribution is 2.36. The maximum Gasteiger partial charge on any atom is 0.219 e. The quantitative estimate of drug-likeness (QED) is 0.732. The molecule has 1 aliphatic carbocycles. The second-order valence-corrected chi connectivity index (χ2v) is 10.1. The number of nitrogens with one attached hydrogen (secondary N) is 1. The van der Waals surface area contributed by atoms with Gasteiger partial charge in [0, 0.05) is 25.1 Å². The molecule has 0 unspecified atom stereocenters. The summed E-state index contributed by atoms with van der Waals surface area (Å²) < 4.78 is 60.3. The van der Waals surface area contributed by atoms with Crippen LogP contribution < -0.4 is 4.72 Å². The second-order valence-electron chi connectivity index (χ2n) is 8.36. The highest BCUT2D eigenvalue weighted by molar-refractivity contribution is 7.88. The van der Waals surface area contributed by atoms with Gasteiger partial charge in [-0.25, -0.2) is 21.9 Å². The van der Waals surface area contributed by atoms with Crippen molar-refractivity contribution in [1.29, 1.82) is 0 Å². The van der Waals surface area contributed by atoms with Crippen LogP contribution in [0.3, 0.4) is 0 Å². The van der Waals surface area contributed by atoms with E-state index >= 15 is 0 Å². The van der Waals surface area contributed by atoms with Crippen molar-refractivity contribution in [2.75, 3.05) is 19.4 Å². The summed E-state index contributed by atoms with van der Waals surface area (Å²) in [5, 5.41) is 0. The first-order chi connectivity index (χ1) is 14.2. The first kappa shape index (κ1) is 23.1. The lowest BCUT2D eigenvalue weighted by atomic mass is 9.82. The number of amides is 1. The molecule has 0 radical (unpaired) electrons. The third-order valence-electron chi connectivity index (χ3n) is 6.13. The average molecular weight is 445 g/mol. The van der Waals surface area contributed by atoms with Gasteiger partial charge in [0.05, 0.1) is 25.0 Å². The molecule has 1 amide bonds. The Labute approximate surface area is 177 Å². The van der Waals surface area contributed by atoms with Gasteiger partial charge in [-0.05, 0) is 56.6 Å². The smallest absolute Gasteiger partial charge is 0.219 e. The number of sulfonamides is 1. The third kappa shape index (κ3) is 5.76. The van der Waals surface area contributed by atoms with Gasteiger partial charge in [0.25, 0.3) is 0 Å². The Balaban J connectivity index is 1.60. The maximum atomic E-state index is 14.1. The molecule has 1 saturated heterocycles. The number of carbonyl (C=O) groups is 1. The second kappa shape index (κ2) is 9.70. The monoisotopic (exact) mass is 444 g/mol. The molecule has 1 aromatic carbocycles. The van der Waals surface area contributed by atoms with Gasteiger partial charge in [-0.3, -0.25) is 4.79 Å². The number of ether oxygens (including phenoxy) is 1. The summed E-state index contributed by atoms with van der Waals surface area (Å²) in [4.78, 5) is 13.7. The highest BCUT2D eigenvalue weighted by Gasteiger charge is 2.36. The third-order valence-corrected chi connectivity index (χ3v) is 6.86. The fraction of sp³-hybridized carbons (Fsp3) is 0.667. The van der Waals surface area contributed by atoms with Crippen LogP contribution in [-0.2, 0) is 19.6 Å². The molecule has 0 aromatic heterocycles. The van der Waals surface area contributed by atoms with Crippen molar-refractivity contribution in [3.8, 4) is 0 Å². The zero-order valence-electron chi connectivity index (χ0n) is 17.4. The number of rotatable bonds is 6. The predicted molar refractivity (Wildman–Crippen MR) is 109 cm³/mol. The van der Waals surface area contributed by atoms with Crippen LogP contribution in [0.25, 0.3) is 0 Å². The first-order valence-electron chi connectivity index (χ1n) is 10.5. The van der Waals surface area contributed by atoms with Gasteiger partial charge >= 0.3 is 0 Å². The number of piperidine rings is 1. The van der Waals surface area contributed by atoms with Crippen LogP contribution in [0.1, 0.15) is 56.9 Å². The van der Waals surface area contributed by atoms with E-state index in [2.05, 4.69) is 4.72 Å². The minimum absolute atomic E-state index is 0.0781. The normalized spacial score (nSPS) is 27.8. The molecule has 1 saturated carbocycles. The van der Waals surface area contributed by atoms with Crippen LogP contribution in [0.5, 0.6) is 0 Å². The van der Waals surface area contributed by atoms with Crippen LogP contribution >= 0.6 is 0 Å². The van der Waals surface area contributed by atoms with Gasteiger partial charge in [-0.1, -0.05) is 6.07 Å². The van der Waals surface area contributed by atoms with Gasteiger partial charge in [0.15, 0.2) is 0 Å². The largest absolute Gasteiger partial charge is 0.376 e. The van der Waals surface area contributed by atoms with E-state index in [0.717, 1.165) is 12.7 Å². The standard InChI is InChI=1S/C21H30F2N2O4S/c1-14(26)25-12-4-7-19(24-30(2,27)28)20(25)13-29-16-10-8-15(9-11-16)21-17(22)5-3-6-18(21)23/h3,5-6,15-16,19-20,24H,4,7-13H2,1-2H3/t15-,16+,19-,20-/m0/s1. The summed E-state index contributed by atoms with van der Waals surface area (Å²) in [5.41, 5.74) is 0.156. The number of halogens is 2. The SMILES string of the molecule is CC(=O)N1CCC[C@H](NS(C)(=O)=O)[C@@H]1CO[C@H]1CC[C@@H](c2c(F)cccc2F)CC1. The molecule has 1 aliphatic heterocycles. The van der Waals surface area contributed by atoms with E-state index in [4.69, 9.17) is 4.74 Å². The Hall–Kier alpha value is -1.58. The summed E-state index contributed by atoms with van der Waals surface area (Å²) in [5.74, 6) is -1.29. The van der Waals surface area contributed by atoms with Gasteiger partial charge in [0.1, 0.15) is 11.6 Å². The number of hydrogen-bond donors (Lipinski definition) is 1. The lowest BCUT2D eigenvalue weighted by molar-refractivity contribution is -0.136. The molecule has 0 spiro atoms. The zero-order chi connectivity index (χ0) is 21.9. The molecule has 6 nitrogen and oxygen atoms in total. The first-order valence-corrected chi connectivity index (χ1v) is 12.3. The predicted octanol–water partition coefficient (Wildman–Crippen LogP) is 2.94. The molecule has 9 heteroatoms. The summed E-state index contributed by atoms with van der Waals surface area (Å²) >= 11 is 0. The number of hydrogen-bond acceptors (Lipinski definition) is 4. The molecule has 0 bridgehead atoms. The molecule has 2 fully saturated rings. The molecule has 1 aromatic rings. The molecule has 168 valence electrons. The van der Waals surface area contributed by atoms with Crippen LogP contribution in [-0.4, -0.2) is 56.8 Å². The minimum Gasteiger partial charge on any atom is -0.376 e. The van der Waals surface area contributed by atoms with E-state index in [0.29, 0.717) is 38.6 Å². The van der Waals surface area contributed by atoms with Crippen molar-refractivity contribution >= 4 is 15.9 Å². The molecule has 30 heavy (non-hydrogen) atoms. The fourth-order valence-corrected chi connectivity index (χ4v) is 5.54. The Kier molecular flexibility index (Phi) is 7.47. The molecule has 2 atom stereocenters. The van der Waals surface area contributed by atoms with E-state index in [1.165, 1.54) is 25.1 Å². The summed E-state index contributed by atoms with van der Waals surface area (Å²) in [6.07, 6.45) is 4.97. The molecule has 3 rings (SSSR count). The maximum absolute atomic E-state index is 14.1. The van der Waals surface area contributed by atoms with Crippen LogP contribution in [0.15, 0.2) is 18.2 Å². The molecule has 1 N–H and O–H groups in total. The van der Waals surface area contributed by atoms with Crippen LogP contribution in [0.4, 0.5) is 8.78 Å². The zero-order valence-corrected chi connectivity index (χ0v) is 18.3. The van der Waals surface area contributed by atoms with Crippen molar-refractivity contribution in [2.24, 2.45) is 0 Å². The average Bonchev–Trinajstić information content (AvgIpc) is 2.66. The summed E-state index contributed by atoms with van der Waals surface area (Å²) in [6.45, 7) is 2.28. The van der Waals surface area contributed by atoms with Crippen molar-refractivity contribution < 1.29 is 26.7 Å². The van der Waals surface area contributed by atoms with Gasteiger partial charge in [-0.2, -0.15) is 0 Å². The van der Waals surface area contributed by atoms with Crippen LogP contribution in [0.2, 0.25) is 0 Å². The Morgan fingerprint density at radius 1 is 1.17 bits per heavy atom. The van der Waals surface area contributed by atoms with Crippen molar-refractivity contribution in [3.63, 3.8) is 0 Å². The van der Waals surface area contributed by atoms with E-state index in [-0.39, 0.29) is 42.2 Å². The van der Waals surface area contributed by atoms with E-state index in [9.17, 15) is 22.0 Å². The molecular weight excluding hydrogens is 414 g/mol. The van der Waals surface area contributed by atoms with Gasteiger partial charge in [-0.15, -0.1) is 0 Å². The Morgan fingerprint density at radius 3 is 2.37 bits per heavy atom. The van der Waals surface area contributed by atoms with Crippen molar-refractivity contribution in [2.45, 2.75) is 69.6 Å². The fourth-order valence-electron chi connectivity index (χ4n) is 4.72. The Morgan fingerprint density at radius 2 is 1.80 bits per heavy atom. The van der Waals surface area contributed by atoms with Gasteiger partial charge in [0.2, 0.25) is 15.9 Å². The van der Waals surface area contributed by atoms with E-state index < -0.39 is 21.7 Å². The van der Waals surface area contributed by atoms with Gasteiger partial charge < -0.3 is 9.64 Å². The number of likely N-dealkylation sites (tertiary alicyclic amines) is 1. The number of nitrogens with zero attached hydrogens (tertiary/aromatic N) is 1.